The van der Waals surface area contributed by atoms with Crippen molar-refractivity contribution in [2.24, 2.45) is 10.9 Å². The summed E-state index contributed by atoms with van der Waals surface area (Å²) < 4.78 is 35.0. The van der Waals surface area contributed by atoms with E-state index in [0.717, 1.165) is 29.9 Å². The van der Waals surface area contributed by atoms with E-state index in [0.29, 0.717) is 25.5 Å². The number of aliphatic imine (C=N–C) groups is 1. The van der Waals surface area contributed by atoms with Gasteiger partial charge in [0.05, 0.1) is 24.7 Å². The second kappa shape index (κ2) is 11.2. The van der Waals surface area contributed by atoms with Crippen LogP contribution in [0.2, 0.25) is 0 Å². The van der Waals surface area contributed by atoms with Crippen molar-refractivity contribution in [3.8, 4) is 11.5 Å². The molecule has 1 aromatic carbocycles. The number of halogens is 1. The Hall–Kier alpha value is -1.23. The number of hydrogen-bond acceptors (Lipinski definition) is 5. The first kappa shape index (κ1) is 24.0. The van der Waals surface area contributed by atoms with Gasteiger partial charge in [-0.2, -0.15) is 0 Å². The minimum atomic E-state index is -2.86. The monoisotopic (exact) mass is 537 g/mol. The van der Waals surface area contributed by atoms with Crippen molar-refractivity contribution in [1.82, 2.24) is 10.6 Å². The average molecular weight is 537 g/mol. The highest BCUT2D eigenvalue weighted by molar-refractivity contribution is 14.0. The van der Waals surface area contributed by atoms with Crippen molar-refractivity contribution >= 4 is 39.8 Å². The summed E-state index contributed by atoms with van der Waals surface area (Å²) in [4.78, 5) is 4.25. The molecule has 0 bridgehead atoms. The summed E-state index contributed by atoms with van der Waals surface area (Å²) in [6.07, 6.45) is 5.54. The summed E-state index contributed by atoms with van der Waals surface area (Å²) >= 11 is 0. The lowest BCUT2D eigenvalue weighted by atomic mass is 10.1. The fraction of sp³-hybridized carbons (Fsp3) is 0.650. The molecule has 9 heteroatoms. The molecule has 164 valence electrons. The van der Waals surface area contributed by atoms with Crippen LogP contribution in [0.4, 0.5) is 0 Å². The van der Waals surface area contributed by atoms with Gasteiger partial charge in [-0.3, -0.25) is 4.99 Å². The van der Waals surface area contributed by atoms with Crippen molar-refractivity contribution in [1.29, 1.82) is 0 Å². The van der Waals surface area contributed by atoms with Crippen LogP contribution in [0.5, 0.6) is 11.5 Å². The van der Waals surface area contributed by atoms with E-state index in [1.54, 1.807) is 14.2 Å². The van der Waals surface area contributed by atoms with Crippen molar-refractivity contribution in [2.75, 3.05) is 32.2 Å². The predicted molar refractivity (Wildman–Crippen MR) is 126 cm³/mol. The highest BCUT2D eigenvalue weighted by Crippen LogP contribution is 2.34. The summed E-state index contributed by atoms with van der Waals surface area (Å²) in [7, 11) is 0.506. The summed E-state index contributed by atoms with van der Waals surface area (Å²) in [6, 6.07) is 5.90. The third-order valence-corrected chi connectivity index (χ3v) is 7.26. The third-order valence-electron chi connectivity index (χ3n) is 5.42. The number of rotatable bonds is 7. The number of guanidine groups is 1. The van der Waals surface area contributed by atoms with Gasteiger partial charge >= 0.3 is 0 Å². The zero-order valence-electron chi connectivity index (χ0n) is 17.1. The van der Waals surface area contributed by atoms with Gasteiger partial charge in [0.25, 0.3) is 0 Å². The number of nitrogens with zero attached hydrogens (tertiary/aromatic N) is 1. The van der Waals surface area contributed by atoms with E-state index in [9.17, 15) is 8.42 Å². The zero-order chi connectivity index (χ0) is 20.0. The lowest BCUT2D eigenvalue weighted by Crippen LogP contribution is -2.39. The van der Waals surface area contributed by atoms with Crippen LogP contribution in [0.3, 0.4) is 0 Å². The summed E-state index contributed by atoms with van der Waals surface area (Å²) in [5.41, 5.74) is 1.01. The molecule has 1 saturated carbocycles. The van der Waals surface area contributed by atoms with Crippen LogP contribution in [-0.4, -0.2) is 52.7 Å². The van der Waals surface area contributed by atoms with Crippen molar-refractivity contribution < 1.29 is 17.9 Å². The standard InChI is InChI=1S/C20H31N3O4S.HI/c1-21-20(22-12-15-10-11-28(24,25)14-15)23-13-16-6-5-9-18(26-2)19(16)27-17-7-3-4-8-17;/h5-6,9,15,17H,3-4,7-8,10-14H2,1-2H3,(H2,21,22,23);1H. The predicted octanol–water partition coefficient (Wildman–Crippen LogP) is 2.73. The Morgan fingerprint density at radius 1 is 1.21 bits per heavy atom. The molecular weight excluding hydrogens is 505 g/mol. The van der Waals surface area contributed by atoms with Gasteiger partial charge in [-0.15, -0.1) is 24.0 Å². The molecule has 1 atom stereocenters. The minimum absolute atomic E-state index is 0. The van der Waals surface area contributed by atoms with Gasteiger partial charge in [-0.05, 0) is 44.1 Å². The molecule has 2 aliphatic rings. The van der Waals surface area contributed by atoms with Gasteiger partial charge in [0, 0.05) is 25.7 Å². The molecule has 1 heterocycles. The van der Waals surface area contributed by atoms with E-state index >= 15 is 0 Å². The van der Waals surface area contributed by atoms with Crippen molar-refractivity contribution in [3.05, 3.63) is 23.8 Å². The first-order valence-electron chi connectivity index (χ1n) is 9.98. The van der Waals surface area contributed by atoms with Crippen LogP contribution in [0.1, 0.15) is 37.7 Å². The maximum absolute atomic E-state index is 11.6. The van der Waals surface area contributed by atoms with Crippen molar-refractivity contribution in [2.45, 2.75) is 44.8 Å². The molecule has 0 amide bonds. The van der Waals surface area contributed by atoms with Gasteiger partial charge in [0.1, 0.15) is 0 Å². The molecule has 2 N–H and O–H groups in total. The van der Waals surface area contributed by atoms with E-state index in [4.69, 9.17) is 9.47 Å². The van der Waals surface area contributed by atoms with Crippen LogP contribution in [0.15, 0.2) is 23.2 Å². The molecular formula is C20H32IN3O4S. The summed E-state index contributed by atoms with van der Waals surface area (Å²) in [5.74, 6) is 2.87. The maximum atomic E-state index is 11.6. The van der Waals surface area contributed by atoms with Crippen LogP contribution < -0.4 is 20.1 Å². The Morgan fingerprint density at radius 3 is 2.59 bits per heavy atom. The van der Waals surface area contributed by atoms with Gasteiger partial charge in [0.2, 0.25) is 0 Å². The lowest BCUT2D eigenvalue weighted by Gasteiger charge is -2.20. The molecule has 2 fully saturated rings. The number of benzene rings is 1. The third kappa shape index (κ3) is 6.91. The van der Waals surface area contributed by atoms with Crippen molar-refractivity contribution in [3.63, 3.8) is 0 Å². The number of para-hydroxylation sites is 1. The minimum Gasteiger partial charge on any atom is -0.493 e. The van der Waals surface area contributed by atoms with Gasteiger partial charge in [-0.1, -0.05) is 12.1 Å². The highest BCUT2D eigenvalue weighted by atomic mass is 127. The summed E-state index contributed by atoms with van der Waals surface area (Å²) in [6.45, 7) is 1.14. The molecule has 1 aromatic rings. The molecule has 3 rings (SSSR count). The van der Waals surface area contributed by atoms with Gasteiger partial charge in [0.15, 0.2) is 27.3 Å². The molecule has 1 unspecified atom stereocenters. The first-order valence-corrected chi connectivity index (χ1v) is 11.8. The smallest absolute Gasteiger partial charge is 0.191 e. The Morgan fingerprint density at radius 2 is 1.97 bits per heavy atom. The fourth-order valence-corrected chi connectivity index (χ4v) is 5.70. The Balaban J connectivity index is 0.00000300. The van der Waals surface area contributed by atoms with Crippen LogP contribution in [-0.2, 0) is 16.4 Å². The quantitative estimate of drug-likeness (QED) is 0.316. The number of methoxy groups -OCH3 is 1. The van der Waals surface area contributed by atoms with Crippen LogP contribution in [0, 0.1) is 5.92 Å². The Bertz CT molecular complexity index is 795. The Kier molecular flexibility index (Phi) is 9.32. The largest absolute Gasteiger partial charge is 0.493 e. The molecule has 1 saturated heterocycles. The number of nitrogens with one attached hydrogen (secondary N) is 2. The molecule has 0 radical (unpaired) electrons. The second-order valence-electron chi connectivity index (χ2n) is 7.55. The highest BCUT2D eigenvalue weighted by Gasteiger charge is 2.27. The average Bonchev–Trinajstić information content (AvgIpc) is 3.32. The molecule has 1 aliphatic heterocycles. The van der Waals surface area contributed by atoms with Crippen LogP contribution in [0.25, 0.3) is 0 Å². The number of ether oxygens (including phenoxy) is 2. The van der Waals surface area contributed by atoms with E-state index in [2.05, 4.69) is 15.6 Å². The maximum Gasteiger partial charge on any atom is 0.191 e. The lowest BCUT2D eigenvalue weighted by molar-refractivity contribution is 0.198. The number of hydrogen-bond donors (Lipinski definition) is 2. The van der Waals surface area contributed by atoms with E-state index in [-0.39, 0.29) is 47.5 Å². The van der Waals surface area contributed by atoms with E-state index < -0.39 is 9.84 Å². The molecule has 29 heavy (non-hydrogen) atoms. The first-order chi connectivity index (χ1) is 13.5. The van der Waals surface area contributed by atoms with Gasteiger partial charge in [-0.25, -0.2) is 8.42 Å². The Labute approximate surface area is 191 Å². The van der Waals surface area contributed by atoms with E-state index in [1.165, 1.54) is 12.8 Å². The topological polar surface area (TPSA) is 89.0 Å². The molecule has 0 aromatic heterocycles. The normalized spacial score (nSPS) is 21.4. The van der Waals surface area contributed by atoms with E-state index in [1.807, 2.05) is 18.2 Å². The van der Waals surface area contributed by atoms with Crippen LogP contribution >= 0.6 is 24.0 Å². The zero-order valence-corrected chi connectivity index (χ0v) is 20.3. The van der Waals surface area contributed by atoms with Gasteiger partial charge < -0.3 is 20.1 Å². The number of sulfone groups is 1. The molecule has 7 nitrogen and oxygen atoms in total. The SMILES string of the molecule is CN=C(NCc1cccc(OC)c1OC1CCCC1)NCC1CCS(=O)(=O)C1.I. The second-order valence-corrected chi connectivity index (χ2v) is 9.78. The molecule has 0 spiro atoms. The molecule has 1 aliphatic carbocycles. The fourth-order valence-electron chi connectivity index (χ4n) is 3.84. The summed E-state index contributed by atoms with van der Waals surface area (Å²) in [5, 5.41) is 6.54.